The molecule has 0 aliphatic carbocycles. The van der Waals surface area contributed by atoms with Crippen LogP contribution in [-0.4, -0.2) is 24.2 Å². The van der Waals surface area contributed by atoms with Gasteiger partial charge < -0.3 is 10.4 Å². The van der Waals surface area contributed by atoms with Crippen LogP contribution in [0.15, 0.2) is 12.1 Å². The van der Waals surface area contributed by atoms with E-state index in [9.17, 15) is 13.6 Å². The zero-order valence-corrected chi connectivity index (χ0v) is 9.88. The fraction of sp³-hybridized carbons (Fsp3) is 0.462. The average Bonchev–Trinajstić information content (AvgIpc) is 2.36. The molecule has 1 heterocycles. The smallest absolute Gasteiger partial charge is 0.338 e. The van der Waals surface area contributed by atoms with Crippen LogP contribution in [0.4, 0.5) is 8.78 Å². The highest BCUT2D eigenvalue weighted by Gasteiger charge is 2.21. The molecule has 1 aromatic rings. The molecule has 18 heavy (non-hydrogen) atoms. The molecule has 0 bridgehead atoms. The van der Waals surface area contributed by atoms with Gasteiger partial charge in [-0.1, -0.05) is 6.07 Å². The Balaban J connectivity index is 2.18. The zero-order valence-electron chi connectivity index (χ0n) is 9.88. The molecule has 1 aliphatic rings. The Bertz CT molecular complexity index is 457. The lowest BCUT2D eigenvalue weighted by atomic mass is 9.90. The van der Waals surface area contributed by atoms with Crippen molar-refractivity contribution in [1.29, 1.82) is 0 Å². The molecular weight excluding hydrogens is 240 g/mol. The summed E-state index contributed by atoms with van der Waals surface area (Å²) in [5.74, 6) is -3.39. The minimum absolute atomic E-state index is 0.268. The lowest BCUT2D eigenvalue weighted by Crippen LogP contribution is -2.28. The van der Waals surface area contributed by atoms with Crippen molar-refractivity contribution in [3.05, 3.63) is 34.9 Å². The highest BCUT2D eigenvalue weighted by atomic mass is 19.2. The first kappa shape index (κ1) is 13.0. The molecule has 98 valence electrons. The number of aromatic carboxylic acids is 1. The summed E-state index contributed by atoms with van der Waals surface area (Å²) in [5.41, 5.74) is -0.342. The Kier molecular flexibility index (Phi) is 3.91. The maximum absolute atomic E-state index is 13.7. The third-order valence-electron chi connectivity index (χ3n) is 3.36. The molecule has 3 nitrogen and oxygen atoms in total. The summed E-state index contributed by atoms with van der Waals surface area (Å²) >= 11 is 0. The first-order valence-corrected chi connectivity index (χ1v) is 6.00. The van der Waals surface area contributed by atoms with Crippen molar-refractivity contribution in [3.8, 4) is 0 Å². The van der Waals surface area contributed by atoms with Crippen LogP contribution in [0.5, 0.6) is 0 Å². The van der Waals surface area contributed by atoms with Crippen LogP contribution in [0.25, 0.3) is 0 Å². The van der Waals surface area contributed by atoms with E-state index >= 15 is 0 Å². The van der Waals surface area contributed by atoms with Crippen molar-refractivity contribution < 1.29 is 18.7 Å². The van der Waals surface area contributed by atoms with E-state index in [1.807, 2.05) is 0 Å². The summed E-state index contributed by atoms with van der Waals surface area (Å²) in [6, 6.07) is 2.51. The Morgan fingerprint density at radius 3 is 2.56 bits per heavy atom. The van der Waals surface area contributed by atoms with Gasteiger partial charge in [0, 0.05) is 0 Å². The number of piperidine rings is 1. The molecule has 0 amide bonds. The quantitative estimate of drug-likeness (QED) is 0.870. The molecule has 1 aliphatic heterocycles. The third-order valence-corrected chi connectivity index (χ3v) is 3.36. The number of benzene rings is 1. The number of nitrogens with one attached hydrogen (secondary N) is 1. The lowest BCUT2D eigenvalue weighted by molar-refractivity contribution is 0.0690. The van der Waals surface area contributed by atoms with Gasteiger partial charge in [0.15, 0.2) is 11.6 Å². The normalized spacial score (nSPS) is 16.8. The van der Waals surface area contributed by atoms with Crippen molar-refractivity contribution >= 4 is 5.97 Å². The van der Waals surface area contributed by atoms with Crippen molar-refractivity contribution in [1.82, 2.24) is 5.32 Å². The average molecular weight is 255 g/mol. The Labute approximate surface area is 104 Å². The number of rotatable bonds is 3. The molecule has 2 rings (SSSR count). The predicted octanol–water partition coefficient (Wildman–Crippen LogP) is 2.21. The van der Waals surface area contributed by atoms with Crippen LogP contribution in [0, 0.1) is 17.6 Å². The van der Waals surface area contributed by atoms with Crippen LogP contribution in [0.2, 0.25) is 0 Å². The zero-order chi connectivity index (χ0) is 13.1. The highest BCUT2D eigenvalue weighted by Crippen LogP contribution is 2.23. The Morgan fingerprint density at radius 1 is 1.28 bits per heavy atom. The first-order chi connectivity index (χ1) is 8.59. The van der Waals surface area contributed by atoms with Gasteiger partial charge in [0.1, 0.15) is 0 Å². The van der Waals surface area contributed by atoms with Crippen molar-refractivity contribution in [2.45, 2.75) is 19.3 Å². The number of hydrogen-bond donors (Lipinski definition) is 2. The third kappa shape index (κ3) is 2.67. The van der Waals surface area contributed by atoms with Gasteiger partial charge in [0.05, 0.1) is 5.56 Å². The summed E-state index contributed by atoms with van der Waals surface area (Å²) in [7, 11) is 0. The second-order valence-electron chi connectivity index (χ2n) is 4.60. The molecule has 0 atom stereocenters. The molecule has 1 saturated heterocycles. The molecule has 0 spiro atoms. The van der Waals surface area contributed by atoms with E-state index in [0.717, 1.165) is 32.0 Å². The van der Waals surface area contributed by atoms with E-state index in [4.69, 9.17) is 5.11 Å². The van der Waals surface area contributed by atoms with E-state index < -0.39 is 23.2 Å². The molecule has 0 aromatic heterocycles. The van der Waals surface area contributed by atoms with Gasteiger partial charge in [-0.3, -0.25) is 0 Å². The molecule has 5 heteroatoms. The maximum Gasteiger partial charge on any atom is 0.338 e. The monoisotopic (exact) mass is 255 g/mol. The highest BCUT2D eigenvalue weighted by molar-refractivity contribution is 5.88. The minimum Gasteiger partial charge on any atom is -0.478 e. The van der Waals surface area contributed by atoms with Gasteiger partial charge in [0.2, 0.25) is 0 Å². The fourth-order valence-corrected chi connectivity index (χ4v) is 2.31. The van der Waals surface area contributed by atoms with Gasteiger partial charge in [0.25, 0.3) is 0 Å². The molecule has 0 unspecified atom stereocenters. The molecule has 1 aromatic carbocycles. The summed E-state index contributed by atoms with van der Waals surface area (Å²) < 4.78 is 27.2. The fourth-order valence-electron chi connectivity index (χ4n) is 2.31. The standard InChI is InChI=1S/C13H15F2NO2/c14-11-9(7-8-3-5-16-6-4-8)1-2-10(12(11)15)13(17)18/h1-2,8,16H,3-7H2,(H,17,18). The number of hydrogen-bond acceptors (Lipinski definition) is 2. The van der Waals surface area contributed by atoms with E-state index in [0.29, 0.717) is 12.3 Å². The van der Waals surface area contributed by atoms with Crippen molar-refractivity contribution in [3.63, 3.8) is 0 Å². The first-order valence-electron chi connectivity index (χ1n) is 6.00. The van der Waals surface area contributed by atoms with E-state index in [2.05, 4.69) is 5.32 Å². The Hall–Kier alpha value is -1.49. The van der Waals surface area contributed by atoms with Gasteiger partial charge in [-0.05, 0) is 49.9 Å². The summed E-state index contributed by atoms with van der Waals surface area (Å²) in [6.45, 7) is 1.78. The number of carbonyl (C=O) groups is 1. The SMILES string of the molecule is O=C(O)c1ccc(CC2CCNCC2)c(F)c1F. The molecule has 0 radical (unpaired) electrons. The summed E-state index contributed by atoms with van der Waals surface area (Å²) in [6.07, 6.45) is 2.33. The molecule has 0 saturated carbocycles. The minimum atomic E-state index is -1.44. The van der Waals surface area contributed by atoms with Gasteiger partial charge in [-0.2, -0.15) is 0 Å². The molecule has 2 N–H and O–H groups in total. The van der Waals surface area contributed by atoms with Crippen LogP contribution < -0.4 is 5.32 Å². The predicted molar refractivity (Wildman–Crippen MR) is 62.6 cm³/mol. The maximum atomic E-state index is 13.7. The van der Waals surface area contributed by atoms with Crippen molar-refractivity contribution in [2.75, 3.05) is 13.1 Å². The van der Waals surface area contributed by atoms with Gasteiger partial charge in [-0.15, -0.1) is 0 Å². The largest absolute Gasteiger partial charge is 0.478 e. The number of carboxylic acid groups (broad SMARTS) is 1. The summed E-state index contributed by atoms with van der Waals surface area (Å²) in [5, 5.41) is 11.9. The topological polar surface area (TPSA) is 49.3 Å². The lowest BCUT2D eigenvalue weighted by Gasteiger charge is -2.22. The number of halogens is 2. The van der Waals surface area contributed by atoms with Gasteiger partial charge in [-0.25, -0.2) is 13.6 Å². The van der Waals surface area contributed by atoms with E-state index in [-0.39, 0.29) is 5.56 Å². The second kappa shape index (κ2) is 5.44. The van der Waals surface area contributed by atoms with Crippen LogP contribution in [0.3, 0.4) is 0 Å². The molecule has 1 fully saturated rings. The van der Waals surface area contributed by atoms with Crippen LogP contribution >= 0.6 is 0 Å². The van der Waals surface area contributed by atoms with E-state index in [1.54, 1.807) is 0 Å². The van der Waals surface area contributed by atoms with Gasteiger partial charge >= 0.3 is 5.97 Å². The van der Waals surface area contributed by atoms with Crippen LogP contribution in [-0.2, 0) is 6.42 Å². The second-order valence-corrected chi connectivity index (χ2v) is 4.60. The van der Waals surface area contributed by atoms with Crippen LogP contribution in [0.1, 0.15) is 28.8 Å². The van der Waals surface area contributed by atoms with E-state index in [1.165, 1.54) is 6.07 Å². The Morgan fingerprint density at radius 2 is 1.94 bits per heavy atom. The number of carboxylic acids is 1. The van der Waals surface area contributed by atoms with Crippen molar-refractivity contribution in [2.24, 2.45) is 5.92 Å². The summed E-state index contributed by atoms with van der Waals surface area (Å²) in [4.78, 5) is 10.7. The molecular formula is C13H15F2NO2.